The second-order valence-corrected chi connectivity index (χ2v) is 3.51. The predicted molar refractivity (Wildman–Crippen MR) is 57.8 cm³/mol. The average molecular weight is 245 g/mol. The Morgan fingerprint density at radius 2 is 1.83 bits per heavy atom. The second-order valence-electron chi connectivity index (χ2n) is 3.51. The van der Waals surface area contributed by atoms with Crippen molar-refractivity contribution in [1.29, 1.82) is 0 Å². The van der Waals surface area contributed by atoms with Crippen molar-refractivity contribution in [2.45, 2.75) is 6.92 Å². The molecule has 0 spiro atoms. The molecule has 0 saturated heterocycles. The number of anilines is 1. The summed E-state index contributed by atoms with van der Waals surface area (Å²) in [5, 5.41) is 10.7. The fourth-order valence-corrected chi connectivity index (χ4v) is 1.26. The Labute approximate surface area is 100 Å². The van der Waals surface area contributed by atoms with E-state index in [4.69, 9.17) is 10.3 Å². The number of hydrogen-bond acceptors (Lipinski definition) is 9. The number of nitrogens with zero attached hydrogens (tertiary/aromatic N) is 6. The third kappa shape index (κ3) is 1.67. The van der Waals surface area contributed by atoms with Crippen molar-refractivity contribution in [3.8, 4) is 23.2 Å². The van der Waals surface area contributed by atoms with Crippen molar-refractivity contribution in [1.82, 2.24) is 30.4 Å². The van der Waals surface area contributed by atoms with Gasteiger partial charge in [0.2, 0.25) is 23.2 Å². The molecular formula is C9H7N7O2. The largest absolute Gasteiger partial charge is 0.379 e. The summed E-state index contributed by atoms with van der Waals surface area (Å²) in [5.41, 5.74) is 6.65. The van der Waals surface area contributed by atoms with Crippen LogP contribution in [0.1, 0.15) is 5.56 Å². The van der Waals surface area contributed by atoms with Gasteiger partial charge in [0, 0.05) is 12.4 Å². The van der Waals surface area contributed by atoms with Crippen LogP contribution >= 0.6 is 0 Å². The topological polar surface area (TPSA) is 130 Å². The normalized spacial score (nSPS) is 10.7. The highest BCUT2D eigenvalue weighted by molar-refractivity contribution is 5.61. The molecule has 0 unspecified atom stereocenters. The van der Waals surface area contributed by atoms with Crippen LogP contribution in [-0.4, -0.2) is 30.4 Å². The highest BCUT2D eigenvalue weighted by Gasteiger charge is 2.18. The van der Waals surface area contributed by atoms with E-state index < -0.39 is 0 Å². The summed E-state index contributed by atoms with van der Waals surface area (Å²) in [5.74, 6) is 0.779. The molecule has 0 aliphatic heterocycles. The average Bonchev–Trinajstić information content (AvgIpc) is 2.98. The third-order valence-corrected chi connectivity index (χ3v) is 2.12. The molecule has 3 heterocycles. The standard InChI is InChI=1S/C9H7N7O2/c1-4-2-11-7(12-3-4)8-13-9(17-16-8)5-6(10)15-18-14-5/h2-3H,1H3,(H2,10,15). The van der Waals surface area contributed by atoms with Gasteiger partial charge < -0.3 is 10.3 Å². The summed E-state index contributed by atoms with van der Waals surface area (Å²) < 4.78 is 9.44. The van der Waals surface area contributed by atoms with E-state index in [1.165, 1.54) is 0 Å². The molecule has 0 fully saturated rings. The van der Waals surface area contributed by atoms with Gasteiger partial charge in [-0.15, -0.1) is 0 Å². The predicted octanol–water partition coefficient (Wildman–Crippen LogP) is 0.467. The van der Waals surface area contributed by atoms with Gasteiger partial charge >= 0.3 is 0 Å². The Hall–Kier alpha value is -2.84. The van der Waals surface area contributed by atoms with Crippen LogP contribution in [0.25, 0.3) is 23.2 Å². The molecule has 9 nitrogen and oxygen atoms in total. The maximum Gasteiger partial charge on any atom is 0.284 e. The molecular weight excluding hydrogens is 238 g/mol. The lowest BCUT2D eigenvalue weighted by molar-refractivity contribution is 0.308. The van der Waals surface area contributed by atoms with E-state index in [1.807, 2.05) is 6.92 Å². The molecule has 9 heteroatoms. The van der Waals surface area contributed by atoms with E-state index in [0.717, 1.165) is 5.56 Å². The van der Waals surface area contributed by atoms with E-state index in [1.54, 1.807) is 12.4 Å². The van der Waals surface area contributed by atoms with Gasteiger partial charge in [0.15, 0.2) is 0 Å². The van der Waals surface area contributed by atoms with Gasteiger partial charge in [0.1, 0.15) is 0 Å². The molecule has 0 atom stereocenters. The van der Waals surface area contributed by atoms with Crippen LogP contribution in [0.5, 0.6) is 0 Å². The van der Waals surface area contributed by atoms with Crippen molar-refractivity contribution < 1.29 is 9.15 Å². The van der Waals surface area contributed by atoms with Crippen molar-refractivity contribution in [2.75, 3.05) is 5.73 Å². The number of aromatic nitrogens is 6. The maximum atomic E-state index is 5.51. The number of hydrogen-bond donors (Lipinski definition) is 1. The molecule has 0 amide bonds. The summed E-state index contributed by atoms with van der Waals surface area (Å²) in [4.78, 5) is 12.2. The number of nitrogens with two attached hydrogens (primary N) is 1. The molecule has 0 aliphatic rings. The fraction of sp³-hybridized carbons (Fsp3) is 0.111. The number of aryl methyl sites for hydroxylation is 1. The van der Waals surface area contributed by atoms with Crippen LogP contribution in [0, 0.1) is 6.92 Å². The zero-order valence-corrected chi connectivity index (χ0v) is 9.23. The third-order valence-electron chi connectivity index (χ3n) is 2.12. The zero-order chi connectivity index (χ0) is 12.5. The van der Waals surface area contributed by atoms with Gasteiger partial charge in [-0.25, -0.2) is 14.6 Å². The highest BCUT2D eigenvalue weighted by Crippen LogP contribution is 2.21. The molecule has 0 bridgehead atoms. The first-order valence-corrected chi connectivity index (χ1v) is 4.95. The van der Waals surface area contributed by atoms with Crippen LogP contribution in [0.2, 0.25) is 0 Å². The van der Waals surface area contributed by atoms with Gasteiger partial charge in [0.05, 0.1) is 0 Å². The highest BCUT2D eigenvalue weighted by atomic mass is 16.6. The fourth-order valence-electron chi connectivity index (χ4n) is 1.26. The Morgan fingerprint density at radius 3 is 2.50 bits per heavy atom. The molecule has 0 aliphatic carbocycles. The zero-order valence-electron chi connectivity index (χ0n) is 9.23. The van der Waals surface area contributed by atoms with Crippen molar-refractivity contribution >= 4 is 5.82 Å². The Morgan fingerprint density at radius 1 is 1.06 bits per heavy atom. The van der Waals surface area contributed by atoms with E-state index in [0.29, 0.717) is 5.82 Å². The molecule has 90 valence electrons. The van der Waals surface area contributed by atoms with Crippen LogP contribution < -0.4 is 5.73 Å². The monoisotopic (exact) mass is 245 g/mol. The first kappa shape index (κ1) is 10.3. The van der Waals surface area contributed by atoms with Crippen LogP contribution in [0.3, 0.4) is 0 Å². The summed E-state index contributed by atoms with van der Waals surface area (Å²) in [7, 11) is 0. The van der Waals surface area contributed by atoms with Gasteiger partial charge in [-0.3, -0.25) is 0 Å². The minimum absolute atomic E-state index is 0.0787. The minimum atomic E-state index is 0.0787. The van der Waals surface area contributed by atoms with Gasteiger partial charge in [0.25, 0.3) is 5.89 Å². The molecule has 3 aromatic heterocycles. The summed E-state index contributed by atoms with van der Waals surface area (Å²) in [6, 6.07) is 0. The van der Waals surface area contributed by atoms with Crippen molar-refractivity contribution in [3.05, 3.63) is 18.0 Å². The van der Waals surface area contributed by atoms with E-state index in [-0.39, 0.29) is 23.2 Å². The lowest BCUT2D eigenvalue weighted by Crippen LogP contribution is -1.91. The molecule has 3 rings (SSSR count). The molecule has 0 aromatic carbocycles. The molecule has 2 N–H and O–H groups in total. The Bertz CT molecular complexity index is 672. The smallest absolute Gasteiger partial charge is 0.284 e. The first-order chi connectivity index (χ1) is 8.74. The van der Waals surface area contributed by atoms with E-state index in [9.17, 15) is 0 Å². The van der Waals surface area contributed by atoms with Gasteiger partial charge in [-0.2, -0.15) is 4.98 Å². The molecule has 0 saturated carbocycles. The lowest BCUT2D eigenvalue weighted by atomic mass is 10.4. The Balaban J connectivity index is 1.99. The number of nitrogen functional groups attached to an aromatic ring is 1. The molecule has 0 radical (unpaired) electrons. The molecule has 3 aromatic rings. The van der Waals surface area contributed by atoms with Crippen molar-refractivity contribution in [3.63, 3.8) is 0 Å². The van der Waals surface area contributed by atoms with Crippen molar-refractivity contribution in [2.24, 2.45) is 0 Å². The van der Waals surface area contributed by atoms with Crippen LogP contribution in [0.4, 0.5) is 5.82 Å². The molecule has 18 heavy (non-hydrogen) atoms. The summed E-state index contributed by atoms with van der Waals surface area (Å²) >= 11 is 0. The lowest BCUT2D eigenvalue weighted by Gasteiger charge is -1.92. The second kappa shape index (κ2) is 3.87. The Kier molecular flexibility index (Phi) is 2.22. The number of rotatable bonds is 2. The maximum absolute atomic E-state index is 5.51. The summed E-state index contributed by atoms with van der Waals surface area (Å²) in [6.45, 7) is 1.88. The van der Waals surface area contributed by atoms with Crippen LogP contribution in [0.15, 0.2) is 21.5 Å². The SMILES string of the molecule is Cc1cnc(-c2noc(-c3nonc3N)n2)nc1. The van der Waals surface area contributed by atoms with Gasteiger partial charge in [-0.05, 0) is 22.8 Å². The first-order valence-electron chi connectivity index (χ1n) is 4.95. The van der Waals surface area contributed by atoms with E-state index in [2.05, 4.69) is 35.1 Å². The summed E-state index contributed by atoms with van der Waals surface area (Å²) in [6.07, 6.45) is 3.31. The van der Waals surface area contributed by atoms with E-state index >= 15 is 0 Å². The van der Waals surface area contributed by atoms with Crippen LogP contribution in [-0.2, 0) is 0 Å². The van der Waals surface area contributed by atoms with Gasteiger partial charge in [-0.1, -0.05) is 5.16 Å². The minimum Gasteiger partial charge on any atom is -0.379 e. The quantitative estimate of drug-likeness (QED) is 0.684.